The van der Waals surface area contributed by atoms with Gasteiger partial charge in [-0.2, -0.15) is 13.2 Å². The third-order valence-electron chi connectivity index (χ3n) is 5.74. The highest BCUT2D eigenvalue weighted by molar-refractivity contribution is 5.94. The zero-order valence-corrected chi connectivity index (χ0v) is 16.7. The molecule has 0 bridgehead atoms. The number of carbonyl (C=O) groups excluding carboxylic acids is 2. The molecule has 1 aromatic heterocycles. The second-order valence-electron chi connectivity index (χ2n) is 8.36. The van der Waals surface area contributed by atoms with Gasteiger partial charge >= 0.3 is 6.18 Å². The molecule has 2 atom stereocenters. The maximum absolute atomic E-state index is 13.3. The molecule has 2 saturated carbocycles. The molecule has 2 aliphatic carbocycles. The van der Waals surface area contributed by atoms with Gasteiger partial charge in [0.15, 0.2) is 0 Å². The Kier molecular flexibility index (Phi) is 6.82. The molecule has 1 heterocycles. The van der Waals surface area contributed by atoms with Gasteiger partial charge in [0.25, 0.3) is 0 Å². The third-order valence-corrected chi connectivity index (χ3v) is 5.74. The Bertz CT molecular complexity index is 803. The minimum absolute atomic E-state index is 0.00861. The number of pyridine rings is 1. The molecule has 0 aliphatic heterocycles. The molecule has 172 valence electrons. The lowest BCUT2D eigenvalue weighted by molar-refractivity contribution is -0.154. The summed E-state index contributed by atoms with van der Waals surface area (Å²) in [6.45, 7) is 0. The first-order chi connectivity index (χ1) is 14.4. The highest BCUT2D eigenvalue weighted by Crippen LogP contribution is 2.41. The van der Waals surface area contributed by atoms with Gasteiger partial charge in [-0.05, 0) is 55.2 Å². The van der Waals surface area contributed by atoms with E-state index in [0.29, 0.717) is 5.56 Å². The van der Waals surface area contributed by atoms with Crippen LogP contribution in [0.15, 0.2) is 18.3 Å². The fourth-order valence-corrected chi connectivity index (χ4v) is 3.86. The average Bonchev–Trinajstić information content (AvgIpc) is 3.49. The number of amides is 2. The number of halogens is 5. The number of alkyl halides is 5. The van der Waals surface area contributed by atoms with Crippen LogP contribution in [0.1, 0.15) is 56.6 Å². The number of hydrogen-bond acceptors (Lipinski definition) is 4. The molecule has 1 unspecified atom stereocenters. The van der Waals surface area contributed by atoms with Gasteiger partial charge in [-0.1, -0.05) is 0 Å². The average molecular weight is 448 g/mol. The van der Waals surface area contributed by atoms with Crippen molar-refractivity contribution in [1.29, 1.82) is 0 Å². The maximum Gasteiger partial charge on any atom is 0.397 e. The van der Waals surface area contributed by atoms with Gasteiger partial charge in [0.05, 0.1) is 12.1 Å². The summed E-state index contributed by atoms with van der Waals surface area (Å²) in [7, 11) is 0. The second kappa shape index (κ2) is 9.05. The zero-order valence-electron chi connectivity index (χ0n) is 16.7. The molecule has 0 saturated heterocycles. The lowest BCUT2D eigenvalue weighted by Crippen LogP contribution is -2.44. The molecule has 3 rings (SSSR count). The van der Waals surface area contributed by atoms with Crippen LogP contribution in [-0.4, -0.2) is 34.9 Å². The number of nitrogens with two attached hydrogens (primary N) is 1. The molecule has 1 aromatic rings. The van der Waals surface area contributed by atoms with Gasteiger partial charge in [-0.25, -0.2) is 13.8 Å². The number of hydrogen-bond donors (Lipinski definition) is 3. The van der Waals surface area contributed by atoms with Gasteiger partial charge < -0.3 is 16.4 Å². The summed E-state index contributed by atoms with van der Waals surface area (Å²) in [5.41, 5.74) is 6.48. The molecule has 2 aliphatic rings. The largest absolute Gasteiger partial charge is 0.397 e. The SMILES string of the molecule is N[C@H](C(=O)Nc1cc(C(NC(=O)CC(F)(F)F)C2CC2)ccn1)C1CCC(F)(F)CC1. The number of nitrogens with one attached hydrogen (secondary N) is 2. The number of aromatic nitrogens is 1. The summed E-state index contributed by atoms with van der Waals surface area (Å²) < 4.78 is 64.1. The van der Waals surface area contributed by atoms with Crippen LogP contribution < -0.4 is 16.4 Å². The van der Waals surface area contributed by atoms with Gasteiger partial charge in [0.2, 0.25) is 17.7 Å². The van der Waals surface area contributed by atoms with Crippen LogP contribution in [0.4, 0.5) is 27.8 Å². The molecule has 2 amide bonds. The first-order valence-electron chi connectivity index (χ1n) is 10.2. The minimum Gasteiger partial charge on any atom is -0.349 e. The number of rotatable bonds is 7. The van der Waals surface area contributed by atoms with E-state index in [1.54, 1.807) is 6.07 Å². The molecule has 31 heavy (non-hydrogen) atoms. The third kappa shape index (κ3) is 6.84. The van der Waals surface area contributed by atoms with Gasteiger partial charge in [-0.3, -0.25) is 9.59 Å². The fraction of sp³-hybridized carbons (Fsp3) is 0.650. The number of nitrogens with zero attached hydrogens (tertiary/aromatic N) is 1. The van der Waals surface area contributed by atoms with E-state index >= 15 is 0 Å². The Hall–Kier alpha value is -2.30. The van der Waals surface area contributed by atoms with Crippen molar-refractivity contribution in [2.45, 2.75) is 69.1 Å². The van der Waals surface area contributed by atoms with Crippen LogP contribution in [-0.2, 0) is 9.59 Å². The van der Waals surface area contributed by atoms with Crippen molar-refractivity contribution in [1.82, 2.24) is 10.3 Å². The molecule has 4 N–H and O–H groups in total. The van der Waals surface area contributed by atoms with Crippen molar-refractivity contribution >= 4 is 17.6 Å². The van der Waals surface area contributed by atoms with Gasteiger partial charge in [-0.15, -0.1) is 0 Å². The van der Waals surface area contributed by atoms with E-state index in [9.17, 15) is 31.5 Å². The van der Waals surface area contributed by atoms with Crippen LogP contribution in [0.25, 0.3) is 0 Å². The van der Waals surface area contributed by atoms with E-state index < -0.39 is 42.4 Å². The van der Waals surface area contributed by atoms with Crippen molar-refractivity contribution in [3.8, 4) is 0 Å². The molecule has 6 nitrogen and oxygen atoms in total. The highest BCUT2D eigenvalue weighted by Gasteiger charge is 2.39. The van der Waals surface area contributed by atoms with Crippen molar-refractivity contribution in [3.05, 3.63) is 23.9 Å². The van der Waals surface area contributed by atoms with Gasteiger partial charge in [0.1, 0.15) is 12.2 Å². The van der Waals surface area contributed by atoms with Crippen molar-refractivity contribution in [2.24, 2.45) is 17.6 Å². The van der Waals surface area contributed by atoms with Crippen LogP contribution in [0.2, 0.25) is 0 Å². The Morgan fingerprint density at radius 3 is 2.39 bits per heavy atom. The highest BCUT2D eigenvalue weighted by atomic mass is 19.4. The van der Waals surface area contributed by atoms with E-state index in [1.165, 1.54) is 12.3 Å². The molecular weight excluding hydrogens is 423 g/mol. The summed E-state index contributed by atoms with van der Waals surface area (Å²) in [5.74, 6) is -4.64. The topological polar surface area (TPSA) is 97.1 Å². The molecule has 0 aromatic carbocycles. The van der Waals surface area contributed by atoms with E-state index in [1.807, 2.05) is 0 Å². The lowest BCUT2D eigenvalue weighted by atomic mass is 9.82. The van der Waals surface area contributed by atoms with Gasteiger partial charge in [0, 0.05) is 19.0 Å². The smallest absolute Gasteiger partial charge is 0.349 e. The Labute approximate surface area is 176 Å². The second-order valence-corrected chi connectivity index (χ2v) is 8.36. The predicted molar refractivity (Wildman–Crippen MR) is 102 cm³/mol. The maximum atomic E-state index is 13.3. The minimum atomic E-state index is -4.60. The van der Waals surface area contributed by atoms with E-state index in [-0.39, 0.29) is 43.3 Å². The van der Waals surface area contributed by atoms with E-state index in [4.69, 9.17) is 5.73 Å². The monoisotopic (exact) mass is 448 g/mol. The fourth-order valence-electron chi connectivity index (χ4n) is 3.86. The normalized spacial score (nSPS) is 21.2. The first kappa shape index (κ1) is 23.4. The van der Waals surface area contributed by atoms with Crippen molar-refractivity contribution < 1.29 is 31.5 Å². The zero-order chi connectivity index (χ0) is 22.8. The molecular formula is C20H25F5N4O2. The summed E-state index contributed by atoms with van der Waals surface area (Å²) >= 11 is 0. The van der Waals surface area contributed by atoms with E-state index in [2.05, 4.69) is 15.6 Å². The molecule has 2 fully saturated rings. The number of carbonyl (C=O) groups is 2. The Morgan fingerprint density at radius 1 is 1.16 bits per heavy atom. The summed E-state index contributed by atoms with van der Waals surface area (Å²) in [6, 6.07) is 1.45. The Morgan fingerprint density at radius 2 is 1.81 bits per heavy atom. The van der Waals surface area contributed by atoms with Crippen LogP contribution >= 0.6 is 0 Å². The predicted octanol–water partition coefficient (Wildman–Crippen LogP) is 3.69. The number of anilines is 1. The standard InChI is InChI=1S/C20H25F5N4O2/c21-19(22)6-3-11(4-7-19)16(26)18(31)28-14-9-13(5-8-27-14)17(12-1-2-12)29-15(30)10-20(23,24)25/h5,8-9,11-12,16-17H,1-4,6-7,10,26H2,(H,29,30)(H,27,28,31)/t16-,17?/m0/s1. The summed E-state index contributed by atoms with van der Waals surface area (Å²) in [5, 5.41) is 4.97. The lowest BCUT2D eigenvalue weighted by Gasteiger charge is -2.31. The summed E-state index contributed by atoms with van der Waals surface area (Å²) in [6.07, 6.45) is -3.61. The van der Waals surface area contributed by atoms with Crippen molar-refractivity contribution in [2.75, 3.05) is 5.32 Å². The molecule has 0 spiro atoms. The van der Waals surface area contributed by atoms with Crippen LogP contribution in [0.3, 0.4) is 0 Å². The quantitative estimate of drug-likeness (QED) is 0.555. The first-order valence-corrected chi connectivity index (χ1v) is 10.2. The Balaban J connectivity index is 1.63. The molecule has 11 heteroatoms. The van der Waals surface area contributed by atoms with Crippen molar-refractivity contribution in [3.63, 3.8) is 0 Å². The van der Waals surface area contributed by atoms with Crippen LogP contribution in [0.5, 0.6) is 0 Å². The van der Waals surface area contributed by atoms with Crippen LogP contribution in [0, 0.1) is 11.8 Å². The molecule has 0 radical (unpaired) electrons. The van der Waals surface area contributed by atoms with E-state index in [0.717, 1.165) is 12.8 Å². The summed E-state index contributed by atoms with van der Waals surface area (Å²) in [4.78, 5) is 28.3.